The lowest BCUT2D eigenvalue weighted by molar-refractivity contribution is 0.209. The van der Waals surface area contributed by atoms with E-state index in [1.807, 2.05) is 6.92 Å². The lowest BCUT2D eigenvalue weighted by Gasteiger charge is -2.16. The first-order valence-electron chi connectivity index (χ1n) is 5.52. The third-order valence-electron chi connectivity index (χ3n) is 2.35. The lowest BCUT2D eigenvalue weighted by Crippen LogP contribution is -2.18. The molecule has 4 nitrogen and oxygen atoms in total. The summed E-state index contributed by atoms with van der Waals surface area (Å²) in [4.78, 5) is 0. The zero-order valence-electron chi connectivity index (χ0n) is 9.98. The molecule has 0 saturated heterocycles. The highest BCUT2D eigenvalue weighted by atomic mass is 19.1. The zero-order chi connectivity index (χ0) is 12.8. The second-order valence-corrected chi connectivity index (χ2v) is 3.84. The van der Waals surface area contributed by atoms with Gasteiger partial charge in [0, 0.05) is 0 Å². The lowest BCUT2D eigenvalue weighted by atomic mass is 10.1. The third-order valence-corrected chi connectivity index (χ3v) is 2.35. The monoisotopic (exact) mass is 240 g/mol. The molecule has 0 aliphatic rings. The maximum absolute atomic E-state index is 13.1. The summed E-state index contributed by atoms with van der Waals surface area (Å²) in [6.07, 6.45) is 1.87. The number of nitrogens with zero attached hydrogens (tertiary/aromatic N) is 1. The molecule has 17 heavy (non-hydrogen) atoms. The van der Waals surface area contributed by atoms with Gasteiger partial charge in [0.15, 0.2) is 5.84 Å². The Bertz CT molecular complexity index is 407. The summed E-state index contributed by atoms with van der Waals surface area (Å²) in [7, 11) is 0. The molecule has 5 heteroatoms. The molecule has 0 aromatic heterocycles. The fourth-order valence-corrected chi connectivity index (χ4v) is 1.54. The van der Waals surface area contributed by atoms with E-state index in [2.05, 4.69) is 12.1 Å². The standard InChI is InChI=1S/C12H17FN2O2/c1-3-4-8(2)17-11-6-5-9(13)7-10(11)12(14)15-16/h5-8,16H,3-4H2,1-2H3,(H2,14,15). The highest BCUT2D eigenvalue weighted by molar-refractivity contribution is 5.99. The average Bonchev–Trinajstić information content (AvgIpc) is 2.30. The first-order valence-corrected chi connectivity index (χ1v) is 5.52. The van der Waals surface area contributed by atoms with Gasteiger partial charge in [0.2, 0.25) is 0 Å². The van der Waals surface area contributed by atoms with E-state index in [1.54, 1.807) is 0 Å². The number of hydrogen-bond donors (Lipinski definition) is 2. The number of oxime groups is 1. The van der Waals surface area contributed by atoms with Crippen LogP contribution >= 0.6 is 0 Å². The molecule has 0 bridgehead atoms. The third kappa shape index (κ3) is 3.62. The fourth-order valence-electron chi connectivity index (χ4n) is 1.54. The Labute approximate surface area is 99.9 Å². The Kier molecular flexibility index (Phi) is 4.75. The molecule has 0 aliphatic carbocycles. The van der Waals surface area contributed by atoms with Crippen LogP contribution in [-0.2, 0) is 0 Å². The van der Waals surface area contributed by atoms with Gasteiger partial charge in [-0.2, -0.15) is 0 Å². The summed E-state index contributed by atoms with van der Waals surface area (Å²) < 4.78 is 18.7. The Hall–Kier alpha value is -1.78. The summed E-state index contributed by atoms with van der Waals surface area (Å²) in [6, 6.07) is 3.94. The maximum Gasteiger partial charge on any atom is 0.173 e. The Morgan fingerprint density at radius 1 is 1.59 bits per heavy atom. The number of halogens is 1. The van der Waals surface area contributed by atoms with Crippen molar-refractivity contribution in [2.24, 2.45) is 10.9 Å². The first kappa shape index (κ1) is 13.3. The van der Waals surface area contributed by atoms with Crippen molar-refractivity contribution in [2.45, 2.75) is 32.8 Å². The van der Waals surface area contributed by atoms with Gasteiger partial charge >= 0.3 is 0 Å². The quantitative estimate of drug-likeness (QED) is 0.359. The van der Waals surface area contributed by atoms with Crippen LogP contribution in [-0.4, -0.2) is 17.1 Å². The average molecular weight is 240 g/mol. The number of hydrogen-bond acceptors (Lipinski definition) is 3. The van der Waals surface area contributed by atoms with Crippen LogP contribution in [0.3, 0.4) is 0 Å². The van der Waals surface area contributed by atoms with Crippen LogP contribution in [0.2, 0.25) is 0 Å². The molecule has 0 radical (unpaired) electrons. The molecule has 1 rings (SSSR count). The van der Waals surface area contributed by atoms with Gasteiger partial charge in [-0.3, -0.25) is 0 Å². The van der Waals surface area contributed by atoms with Gasteiger partial charge < -0.3 is 15.7 Å². The number of benzene rings is 1. The van der Waals surface area contributed by atoms with Crippen molar-refractivity contribution in [1.29, 1.82) is 0 Å². The van der Waals surface area contributed by atoms with Gasteiger partial charge in [-0.1, -0.05) is 18.5 Å². The molecule has 0 saturated carbocycles. The van der Waals surface area contributed by atoms with Crippen molar-refractivity contribution < 1.29 is 14.3 Å². The highest BCUT2D eigenvalue weighted by Crippen LogP contribution is 2.21. The van der Waals surface area contributed by atoms with E-state index in [0.29, 0.717) is 5.75 Å². The van der Waals surface area contributed by atoms with Crippen molar-refractivity contribution in [3.05, 3.63) is 29.6 Å². The minimum absolute atomic E-state index is 0.00398. The molecule has 1 atom stereocenters. The molecule has 1 aromatic rings. The predicted molar refractivity (Wildman–Crippen MR) is 63.9 cm³/mol. The largest absolute Gasteiger partial charge is 0.490 e. The van der Waals surface area contributed by atoms with Crippen LogP contribution in [0.4, 0.5) is 4.39 Å². The molecule has 94 valence electrons. The molecule has 0 aliphatic heterocycles. The molecular weight excluding hydrogens is 223 g/mol. The minimum Gasteiger partial charge on any atom is -0.490 e. The van der Waals surface area contributed by atoms with Crippen molar-refractivity contribution in [2.75, 3.05) is 0 Å². The molecule has 0 spiro atoms. The molecule has 1 aromatic carbocycles. The van der Waals surface area contributed by atoms with Gasteiger partial charge in [0.05, 0.1) is 11.7 Å². The molecule has 1 unspecified atom stereocenters. The number of ether oxygens (including phenoxy) is 1. The van der Waals surface area contributed by atoms with Gasteiger partial charge in [0.1, 0.15) is 11.6 Å². The van der Waals surface area contributed by atoms with Crippen LogP contribution in [0, 0.1) is 5.82 Å². The van der Waals surface area contributed by atoms with Crippen molar-refractivity contribution in [3.63, 3.8) is 0 Å². The molecule has 0 amide bonds. The van der Waals surface area contributed by atoms with Crippen molar-refractivity contribution in [1.82, 2.24) is 0 Å². The number of rotatable bonds is 5. The number of nitrogens with two attached hydrogens (primary N) is 1. The van der Waals surface area contributed by atoms with E-state index < -0.39 is 5.82 Å². The van der Waals surface area contributed by atoms with Crippen LogP contribution < -0.4 is 10.5 Å². The van der Waals surface area contributed by atoms with Crippen LogP contribution in [0.5, 0.6) is 5.75 Å². The Morgan fingerprint density at radius 2 is 2.29 bits per heavy atom. The van der Waals surface area contributed by atoms with Crippen LogP contribution in [0.1, 0.15) is 32.3 Å². The predicted octanol–water partition coefficient (Wildman–Crippen LogP) is 2.49. The van der Waals surface area contributed by atoms with E-state index in [4.69, 9.17) is 15.7 Å². The highest BCUT2D eigenvalue weighted by Gasteiger charge is 2.12. The van der Waals surface area contributed by atoms with E-state index in [9.17, 15) is 4.39 Å². The Morgan fingerprint density at radius 3 is 2.88 bits per heavy atom. The molecule has 3 N–H and O–H groups in total. The van der Waals surface area contributed by atoms with Crippen LogP contribution in [0.15, 0.2) is 23.4 Å². The summed E-state index contributed by atoms with van der Waals surface area (Å²) >= 11 is 0. The number of amidine groups is 1. The van der Waals surface area contributed by atoms with Gasteiger partial charge in [0.25, 0.3) is 0 Å². The maximum atomic E-state index is 13.1. The topological polar surface area (TPSA) is 67.8 Å². The Balaban J connectivity index is 2.98. The van der Waals surface area contributed by atoms with Gasteiger partial charge in [-0.25, -0.2) is 4.39 Å². The summed E-state index contributed by atoms with van der Waals surface area (Å²) in [5.74, 6) is -0.201. The second kappa shape index (κ2) is 6.08. The van der Waals surface area contributed by atoms with Crippen LogP contribution in [0.25, 0.3) is 0 Å². The second-order valence-electron chi connectivity index (χ2n) is 3.84. The molecule has 0 fully saturated rings. The molecule has 0 heterocycles. The summed E-state index contributed by atoms with van der Waals surface area (Å²) in [6.45, 7) is 3.97. The van der Waals surface area contributed by atoms with E-state index in [1.165, 1.54) is 18.2 Å². The normalized spacial score (nSPS) is 13.5. The van der Waals surface area contributed by atoms with E-state index >= 15 is 0 Å². The van der Waals surface area contributed by atoms with Gasteiger partial charge in [-0.05, 0) is 31.5 Å². The summed E-state index contributed by atoms with van der Waals surface area (Å²) in [5.41, 5.74) is 5.73. The zero-order valence-corrected chi connectivity index (χ0v) is 9.98. The first-order chi connectivity index (χ1) is 8.08. The minimum atomic E-state index is -0.456. The van der Waals surface area contributed by atoms with E-state index in [-0.39, 0.29) is 17.5 Å². The molecular formula is C12H17FN2O2. The van der Waals surface area contributed by atoms with Crippen molar-refractivity contribution in [3.8, 4) is 5.75 Å². The summed E-state index contributed by atoms with van der Waals surface area (Å²) in [5, 5.41) is 11.5. The van der Waals surface area contributed by atoms with Gasteiger partial charge in [-0.15, -0.1) is 0 Å². The SMILES string of the molecule is CCCC(C)Oc1ccc(F)cc1/C(N)=N/O. The smallest absolute Gasteiger partial charge is 0.173 e. The van der Waals surface area contributed by atoms with Crippen molar-refractivity contribution >= 4 is 5.84 Å². The fraction of sp³-hybridized carbons (Fsp3) is 0.417. The van der Waals surface area contributed by atoms with E-state index in [0.717, 1.165) is 12.8 Å².